The van der Waals surface area contributed by atoms with Gasteiger partial charge in [0.2, 0.25) is 5.91 Å². The van der Waals surface area contributed by atoms with Crippen LogP contribution >= 0.6 is 0 Å². The number of carbonyl (C=O) groups is 1. The van der Waals surface area contributed by atoms with Crippen LogP contribution < -0.4 is 5.73 Å². The average Bonchev–Trinajstić information content (AvgIpc) is 2.89. The van der Waals surface area contributed by atoms with Gasteiger partial charge in [-0.15, -0.1) is 0 Å². The minimum absolute atomic E-state index is 0.252. The first-order valence-corrected chi connectivity index (χ1v) is 7.61. The molecule has 0 aliphatic carbocycles. The highest BCUT2D eigenvalue weighted by Crippen LogP contribution is 2.21. The third-order valence-corrected chi connectivity index (χ3v) is 4.44. The molecule has 2 saturated heterocycles. The van der Waals surface area contributed by atoms with Crippen molar-refractivity contribution in [2.75, 3.05) is 52.9 Å². The number of hydrogen-bond donors (Lipinski definition) is 1. The summed E-state index contributed by atoms with van der Waals surface area (Å²) < 4.78 is 0. The second-order valence-electron chi connectivity index (χ2n) is 5.84. The molecule has 2 aliphatic heterocycles. The molecule has 2 N–H and O–H groups in total. The topological polar surface area (TPSA) is 52.8 Å². The largest absolute Gasteiger partial charge is 0.346 e. The van der Waals surface area contributed by atoms with E-state index in [1.807, 2.05) is 11.9 Å². The molecule has 19 heavy (non-hydrogen) atoms. The molecule has 2 fully saturated rings. The molecule has 1 unspecified atom stereocenters. The van der Waals surface area contributed by atoms with Gasteiger partial charge in [-0.1, -0.05) is 0 Å². The first kappa shape index (κ1) is 14.8. The molecule has 0 aromatic rings. The van der Waals surface area contributed by atoms with Gasteiger partial charge in [-0.3, -0.25) is 14.6 Å². The zero-order chi connectivity index (χ0) is 13.7. The van der Waals surface area contributed by atoms with Gasteiger partial charge in [0, 0.05) is 52.2 Å². The summed E-state index contributed by atoms with van der Waals surface area (Å²) in [5.41, 5.74) is 5.47. The maximum Gasteiger partial charge on any atom is 0.223 e. The van der Waals surface area contributed by atoms with E-state index in [0.29, 0.717) is 13.0 Å². The van der Waals surface area contributed by atoms with Crippen molar-refractivity contribution in [1.29, 1.82) is 0 Å². The van der Waals surface area contributed by atoms with Crippen LogP contribution in [0.25, 0.3) is 0 Å². The van der Waals surface area contributed by atoms with Crippen molar-refractivity contribution >= 4 is 5.91 Å². The molecular weight excluding hydrogens is 240 g/mol. The smallest absolute Gasteiger partial charge is 0.223 e. The Morgan fingerprint density at radius 2 is 2.21 bits per heavy atom. The van der Waals surface area contributed by atoms with Gasteiger partial charge in [0.15, 0.2) is 0 Å². The molecule has 1 amide bonds. The van der Waals surface area contributed by atoms with Crippen molar-refractivity contribution < 1.29 is 4.79 Å². The predicted molar refractivity (Wildman–Crippen MR) is 77.0 cm³/mol. The van der Waals surface area contributed by atoms with E-state index < -0.39 is 0 Å². The van der Waals surface area contributed by atoms with E-state index in [0.717, 1.165) is 38.6 Å². The highest BCUT2D eigenvalue weighted by molar-refractivity contribution is 5.76. The van der Waals surface area contributed by atoms with E-state index in [2.05, 4.69) is 9.80 Å². The molecule has 2 heterocycles. The number of nitrogens with two attached hydrogens (primary N) is 1. The van der Waals surface area contributed by atoms with Crippen LogP contribution in [0.15, 0.2) is 0 Å². The first-order chi connectivity index (χ1) is 9.20. The van der Waals surface area contributed by atoms with Crippen LogP contribution in [0, 0.1) is 0 Å². The third kappa shape index (κ3) is 4.16. The number of rotatable bonds is 6. The first-order valence-electron chi connectivity index (χ1n) is 7.61. The van der Waals surface area contributed by atoms with E-state index in [1.165, 1.54) is 25.9 Å². The van der Waals surface area contributed by atoms with E-state index in [1.54, 1.807) is 0 Å². The van der Waals surface area contributed by atoms with Crippen molar-refractivity contribution in [3.05, 3.63) is 0 Å². The average molecular weight is 268 g/mol. The Bertz CT molecular complexity index is 297. The lowest BCUT2D eigenvalue weighted by Crippen LogP contribution is -2.50. The van der Waals surface area contributed by atoms with Crippen molar-refractivity contribution in [3.63, 3.8) is 0 Å². The Morgan fingerprint density at radius 1 is 1.37 bits per heavy atom. The predicted octanol–water partition coefficient (Wildman–Crippen LogP) is -0.0363. The summed E-state index contributed by atoms with van der Waals surface area (Å²) in [4.78, 5) is 18.8. The molecule has 110 valence electrons. The number of nitrogens with zero attached hydrogens (tertiary/aromatic N) is 3. The SMILES string of the molecule is CN(CCCN)C(=O)CCN1CCN2CCCC2C1. The van der Waals surface area contributed by atoms with E-state index in [-0.39, 0.29) is 5.91 Å². The number of carbonyl (C=O) groups excluding carboxylic acids is 1. The Hall–Kier alpha value is -0.650. The van der Waals surface area contributed by atoms with Gasteiger partial charge >= 0.3 is 0 Å². The Morgan fingerprint density at radius 3 is 3.00 bits per heavy atom. The summed E-state index contributed by atoms with van der Waals surface area (Å²) in [6.45, 7) is 7.08. The summed E-state index contributed by atoms with van der Waals surface area (Å²) in [6, 6.07) is 0.749. The van der Waals surface area contributed by atoms with Crippen LogP contribution in [-0.4, -0.2) is 79.5 Å². The minimum Gasteiger partial charge on any atom is -0.346 e. The van der Waals surface area contributed by atoms with Gasteiger partial charge in [0.25, 0.3) is 0 Å². The quantitative estimate of drug-likeness (QED) is 0.735. The van der Waals surface area contributed by atoms with E-state index >= 15 is 0 Å². The third-order valence-electron chi connectivity index (χ3n) is 4.44. The summed E-state index contributed by atoms with van der Waals surface area (Å²) in [5, 5.41) is 0. The van der Waals surface area contributed by atoms with Gasteiger partial charge in [0.1, 0.15) is 0 Å². The van der Waals surface area contributed by atoms with Gasteiger partial charge < -0.3 is 10.6 Å². The highest BCUT2D eigenvalue weighted by Gasteiger charge is 2.30. The van der Waals surface area contributed by atoms with Crippen molar-refractivity contribution in [2.24, 2.45) is 5.73 Å². The fraction of sp³-hybridized carbons (Fsp3) is 0.929. The molecule has 2 aliphatic rings. The molecule has 5 heteroatoms. The second kappa shape index (κ2) is 7.22. The van der Waals surface area contributed by atoms with Crippen LogP contribution in [0.1, 0.15) is 25.7 Å². The van der Waals surface area contributed by atoms with Gasteiger partial charge in [-0.2, -0.15) is 0 Å². The molecule has 0 bridgehead atoms. The Kier molecular flexibility index (Phi) is 5.60. The summed E-state index contributed by atoms with van der Waals surface area (Å²) in [5.74, 6) is 0.252. The highest BCUT2D eigenvalue weighted by atomic mass is 16.2. The van der Waals surface area contributed by atoms with Crippen LogP contribution in [0.4, 0.5) is 0 Å². The standard InChI is InChI=1S/C14H28N4O/c1-16(7-3-6-15)14(19)5-9-17-10-11-18-8-2-4-13(18)12-17/h13H,2-12,15H2,1H3. The summed E-state index contributed by atoms with van der Waals surface area (Å²) in [6.07, 6.45) is 4.22. The fourth-order valence-electron chi connectivity index (χ4n) is 3.16. The number of hydrogen-bond acceptors (Lipinski definition) is 4. The van der Waals surface area contributed by atoms with Crippen LogP contribution in [0.3, 0.4) is 0 Å². The number of piperazine rings is 1. The zero-order valence-corrected chi connectivity index (χ0v) is 12.2. The lowest BCUT2D eigenvalue weighted by Gasteiger charge is -2.37. The fourth-order valence-corrected chi connectivity index (χ4v) is 3.16. The van der Waals surface area contributed by atoms with E-state index in [9.17, 15) is 4.79 Å². The monoisotopic (exact) mass is 268 g/mol. The molecule has 5 nitrogen and oxygen atoms in total. The van der Waals surface area contributed by atoms with Crippen molar-refractivity contribution in [3.8, 4) is 0 Å². The molecule has 0 aromatic heterocycles. The number of amides is 1. The molecule has 0 spiro atoms. The van der Waals surface area contributed by atoms with Crippen LogP contribution in [0.5, 0.6) is 0 Å². The van der Waals surface area contributed by atoms with Crippen molar-refractivity contribution in [1.82, 2.24) is 14.7 Å². The summed E-state index contributed by atoms with van der Waals surface area (Å²) >= 11 is 0. The van der Waals surface area contributed by atoms with Gasteiger partial charge in [-0.25, -0.2) is 0 Å². The lowest BCUT2D eigenvalue weighted by molar-refractivity contribution is -0.130. The Labute approximate surface area is 116 Å². The Balaban J connectivity index is 1.66. The van der Waals surface area contributed by atoms with Gasteiger partial charge in [-0.05, 0) is 32.4 Å². The van der Waals surface area contributed by atoms with E-state index in [4.69, 9.17) is 5.73 Å². The summed E-state index contributed by atoms with van der Waals surface area (Å²) in [7, 11) is 1.88. The maximum absolute atomic E-state index is 12.0. The van der Waals surface area contributed by atoms with Crippen LogP contribution in [0.2, 0.25) is 0 Å². The molecular formula is C14H28N4O. The minimum atomic E-state index is 0.252. The number of fused-ring (bicyclic) bond motifs is 1. The molecule has 0 saturated carbocycles. The second-order valence-corrected chi connectivity index (χ2v) is 5.84. The normalized spacial score (nSPS) is 24.4. The van der Waals surface area contributed by atoms with Crippen LogP contribution in [-0.2, 0) is 4.79 Å². The molecule has 2 rings (SSSR count). The molecule has 0 aromatic carbocycles. The molecule has 0 radical (unpaired) electrons. The maximum atomic E-state index is 12.0. The van der Waals surface area contributed by atoms with Crippen molar-refractivity contribution in [2.45, 2.75) is 31.7 Å². The van der Waals surface area contributed by atoms with Gasteiger partial charge in [0.05, 0.1) is 0 Å². The lowest BCUT2D eigenvalue weighted by atomic mass is 10.1. The zero-order valence-electron chi connectivity index (χ0n) is 12.2. The molecule has 1 atom stereocenters.